The van der Waals surface area contributed by atoms with E-state index in [4.69, 9.17) is 11.6 Å². The van der Waals surface area contributed by atoms with Crippen LogP contribution in [0.15, 0.2) is 82.6 Å². The summed E-state index contributed by atoms with van der Waals surface area (Å²) in [5, 5.41) is 14.2. The largest absolute Gasteiger partial charge is 0.387 e. The molecular formula is C28H31ClN2O6S. The Morgan fingerprint density at radius 3 is 2.24 bits per heavy atom. The fourth-order valence-corrected chi connectivity index (χ4v) is 5.17. The first-order valence-corrected chi connectivity index (χ1v) is 14.1. The SMILES string of the molecule is CCCC(=O)ONC(=O)c1ccc(S(=O)(=O)c2ccc(C[C@@H](C)NC[C@H](O)c3cccc(Cl)c3)cc2)cc1. The van der Waals surface area contributed by atoms with E-state index in [0.717, 1.165) is 11.1 Å². The molecule has 0 aromatic heterocycles. The Hall–Kier alpha value is -3.24. The summed E-state index contributed by atoms with van der Waals surface area (Å²) in [6.07, 6.45) is 0.707. The Morgan fingerprint density at radius 2 is 1.63 bits per heavy atom. The molecule has 38 heavy (non-hydrogen) atoms. The molecule has 202 valence electrons. The van der Waals surface area contributed by atoms with Crippen molar-refractivity contribution in [1.29, 1.82) is 0 Å². The third kappa shape index (κ3) is 8.13. The van der Waals surface area contributed by atoms with E-state index in [2.05, 4.69) is 15.6 Å². The molecule has 0 radical (unpaired) electrons. The molecule has 2 atom stereocenters. The van der Waals surface area contributed by atoms with E-state index >= 15 is 0 Å². The first-order valence-electron chi connectivity index (χ1n) is 12.2. The Balaban J connectivity index is 1.56. The molecule has 0 unspecified atom stereocenters. The number of amides is 1. The molecule has 0 bridgehead atoms. The molecule has 8 nitrogen and oxygen atoms in total. The number of hydrogen-bond donors (Lipinski definition) is 3. The molecule has 3 aromatic carbocycles. The molecule has 0 aliphatic heterocycles. The molecule has 10 heteroatoms. The monoisotopic (exact) mass is 558 g/mol. The topological polar surface area (TPSA) is 122 Å². The van der Waals surface area contributed by atoms with Crippen LogP contribution in [0.4, 0.5) is 0 Å². The maximum Gasteiger partial charge on any atom is 0.332 e. The molecule has 0 heterocycles. The van der Waals surface area contributed by atoms with Crippen LogP contribution in [0.25, 0.3) is 0 Å². The Labute approximate surface area is 227 Å². The van der Waals surface area contributed by atoms with Gasteiger partial charge in [0.1, 0.15) is 0 Å². The minimum atomic E-state index is -3.79. The van der Waals surface area contributed by atoms with E-state index in [1.54, 1.807) is 42.5 Å². The van der Waals surface area contributed by atoms with Crippen LogP contribution in [-0.2, 0) is 25.9 Å². The Kier molecular flexibility index (Phi) is 10.4. The van der Waals surface area contributed by atoms with Crippen LogP contribution in [0.2, 0.25) is 5.02 Å². The lowest BCUT2D eigenvalue weighted by atomic mass is 10.1. The van der Waals surface area contributed by atoms with E-state index in [-0.39, 0.29) is 27.8 Å². The molecule has 3 rings (SSSR count). The van der Waals surface area contributed by atoms with Crippen LogP contribution in [-0.4, -0.2) is 38.0 Å². The fraction of sp³-hybridized carbons (Fsp3) is 0.286. The summed E-state index contributed by atoms with van der Waals surface area (Å²) >= 11 is 5.99. The number of hydroxylamine groups is 1. The van der Waals surface area contributed by atoms with E-state index in [1.807, 2.05) is 19.9 Å². The average molecular weight is 559 g/mol. The highest BCUT2D eigenvalue weighted by Gasteiger charge is 2.19. The summed E-state index contributed by atoms with van der Waals surface area (Å²) in [6.45, 7) is 4.14. The zero-order valence-electron chi connectivity index (χ0n) is 21.2. The van der Waals surface area contributed by atoms with Gasteiger partial charge < -0.3 is 15.3 Å². The number of nitrogens with one attached hydrogen (secondary N) is 2. The van der Waals surface area contributed by atoms with Gasteiger partial charge >= 0.3 is 5.97 Å². The smallest absolute Gasteiger partial charge is 0.332 e. The van der Waals surface area contributed by atoms with Crippen molar-refractivity contribution in [3.63, 3.8) is 0 Å². The van der Waals surface area contributed by atoms with Gasteiger partial charge in [-0.15, -0.1) is 0 Å². The number of halogens is 1. The van der Waals surface area contributed by atoms with Gasteiger partial charge in [0.25, 0.3) is 5.91 Å². The van der Waals surface area contributed by atoms with Crippen LogP contribution < -0.4 is 10.8 Å². The van der Waals surface area contributed by atoms with Crippen molar-refractivity contribution in [1.82, 2.24) is 10.8 Å². The molecule has 0 saturated carbocycles. The maximum atomic E-state index is 13.1. The van der Waals surface area contributed by atoms with Crippen molar-refractivity contribution in [2.45, 2.75) is 55.0 Å². The average Bonchev–Trinajstić information content (AvgIpc) is 2.91. The number of aliphatic hydroxyl groups excluding tert-OH is 1. The molecule has 1 amide bonds. The predicted octanol–water partition coefficient (Wildman–Crippen LogP) is 4.42. The van der Waals surface area contributed by atoms with Gasteiger partial charge in [-0.2, -0.15) is 5.48 Å². The lowest BCUT2D eigenvalue weighted by Crippen LogP contribution is -2.32. The van der Waals surface area contributed by atoms with Crippen LogP contribution in [0, 0.1) is 0 Å². The molecular weight excluding hydrogens is 528 g/mol. The summed E-state index contributed by atoms with van der Waals surface area (Å²) in [6, 6.07) is 19.1. The zero-order valence-corrected chi connectivity index (χ0v) is 22.8. The van der Waals surface area contributed by atoms with Crippen molar-refractivity contribution < 1.29 is 28.0 Å². The predicted molar refractivity (Wildman–Crippen MR) is 144 cm³/mol. The summed E-state index contributed by atoms with van der Waals surface area (Å²) in [5.74, 6) is -1.20. The highest BCUT2D eigenvalue weighted by atomic mass is 35.5. The van der Waals surface area contributed by atoms with Gasteiger partial charge in [-0.25, -0.2) is 13.2 Å². The molecule has 3 N–H and O–H groups in total. The van der Waals surface area contributed by atoms with Gasteiger partial charge in [-0.3, -0.25) is 4.79 Å². The van der Waals surface area contributed by atoms with Gasteiger partial charge in [0, 0.05) is 29.6 Å². The third-order valence-corrected chi connectivity index (χ3v) is 7.83. The number of benzene rings is 3. The minimum Gasteiger partial charge on any atom is -0.387 e. The molecule has 0 spiro atoms. The lowest BCUT2D eigenvalue weighted by molar-refractivity contribution is -0.149. The first kappa shape index (κ1) is 29.3. The molecule has 0 aliphatic carbocycles. The minimum absolute atomic E-state index is 0.0335. The van der Waals surface area contributed by atoms with Gasteiger partial charge in [-0.1, -0.05) is 42.8 Å². The van der Waals surface area contributed by atoms with Crippen molar-refractivity contribution in [3.05, 3.63) is 94.5 Å². The number of aliphatic hydroxyl groups is 1. The van der Waals surface area contributed by atoms with Gasteiger partial charge in [0.15, 0.2) is 0 Å². The van der Waals surface area contributed by atoms with Gasteiger partial charge in [0.05, 0.1) is 15.9 Å². The van der Waals surface area contributed by atoms with Crippen molar-refractivity contribution in [3.8, 4) is 0 Å². The first-order chi connectivity index (χ1) is 18.1. The fourth-order valence-electron chi connectivity index (χ4n) is 3.71. The highest BCUT2D eigenvalue weighted by Crippen LogP contribution is 2.22. The van der Waals surface area contributed by atoms with E-state index < -0.39 is 27.8 Å². The molecule has 0 fully saturated rings. The number of carbonyl (C=O) groups is 2. The molecule has 0 aliphatic rings. The van der Waals surface area contributed by atoms with Crippen molar-refractivity contribution in [2.24, 2.45) is 0 Å². The van der Waals surface area contributed by atoms with Gasteiger partial charge in [0.2, 0.25) is 9.84 Å². The zero-order chi connectivity index (χ0) is 27.7. The normalized spacial score (nSPS) is 12.9. The van der Waals surface area contributed by atoms with E-state index in [0.29, 0.717) is 24.4 Å². The Morgan fingerprint density at radius 1 is 1.00 bits per heavy atom. The molecule has 0 saturated heterocycles. The second kappa shape index (κ2) is 13.5. The Bertz CT molecular complexity index is 1340. The van der Waals surface area contributed by atoms with Crippen LogP contribution in [0.1, 0.15) is 54.3 Å². The molecule has 3 aromatic rings. The number of hydrogen-bond acceptors (Lipinski definition) is 7. The number of sulfone groups is 1. The summed E-state index contributed by atoms with van der Waals surface area (Å²) in [7, 11) is -3.79. The number of rotatable bonds is 11. The van der Waals surface area contributed by atoms with Crippen LogP contribution >= 0.6 is 11.6 Å². The van der Waals surface area contributed by atoms with Crippen molar-refractivity contribution >= 4 is 33.3 Å². The highest BCUT2D eigenvalue weighted by molar-refractivity contribution is 7.91. The van der Waals surface area contributed by atoms with Crippen LogP contribution in [0.5, 0.6) is 0 Å². The summed E-state index contributed by atoms with van der Waals surface area (Å²) in [5.41, 5.74) is 3.88. The summed E-state index contributed by atoms with van der Waals surface area (Å²) < 4.78 is 26.1. The second-order valence-corrected chi connectivity index (χ2v) is 11.3. The lowest BCUT2D eigenvalue weighted by Gasteiger charge is -2.18. The van der Waals surface area contributed by atoms with E-state index in [9.17, 15) is 23.1 Å². The maximum absolute atomic E-state index is 13.1. The van der Waals surface area contributed by atoms with Gasteiger partial charge in [-0.05, 0) is 79.4 Å². The number of carbonyl (C=O) groups excluding carboxylic acids is 2. The van der Waals surface area contributed by atoms with E-state index in [1.165, 1.54) is 24.3 Å². The van der Waals surface area contributed by atoms with Crippen LogP contribution in [0.3, 0.4) is 0 Å². The van der Waals surface area contributed by atoms with Crippen molar-refractivity contribution in [2.75, 3.05) is 6.54 Å². The second-order valence-electron chi connectivity index (χ2n) is 8.91. The quantitative estimate of drug-likeness (QED) is 0.298. The standard InChI is InChI=1S/C28H31ClN2O6S/c1-3-5-27(33)37-31-28(34)21-10-14-25(15-11-21)38(35,36)24-12-8-20(9-13-24)16-19(2)30-18-26(32)22-6-4-7-23(29)17-22/h4,6-15,17,19,26,30,32H,3,5,16,18H2,1-2H3,(H,31,34)/t19-,26+/m1/s1. The summed E-state index contributed by atoms with van der Waals surface area (Å²) in [4.78, 5) is 28.4. The third-order valence-electron chi connectivity index (χ3n) is 5.81.